The summed E-state index contributed by atoms with van der Waals surface area (Å²) in [6.07, 6.45) is 1.64. The van der Waals surface area contributed by atoms with Crippen molar-refractivity contribution in [2.45, 2.75) is 46.8 Å². The van der Waals surface area contributed by atoms with Crippen LogP contribution in [0.5, 0.6) is 11.6 Å². The highest BCUT2D eigenvalue weighted by atomic mass is 79.9. The van der Waals surface area contributed by atoms with Gasteiger partial charge in [0.2, 0.25) is 5.88 Å². The molecule has 0 saturated carbocycles. The molecule has 0 aliphatic carbocycles. The van der Waals surface area contributed by atoms with Crippen molar-refractivity contribution in [3.8, 4) is 11.6 Å². The first kappa shape index (κ1) is 18.8. The smallest absolute Gasteiger partial charge is 0.225 e. The van der Waals surface area contributed by atoms with Crippen molar-refractivity contribution in [2.24, 2.45) is 5.41 Å². The lowest BCUT2D eigenvalue weighted by Crippen LogP contribution is -2.17. The van der Waals surface area contributed by atoms with Gasteiger partial charge in [0, 0.05) is 18.3 Å². The molecular formula is C19H23BrN4O2. The lowest BCUT2D eigenvalue weighted by atomic mass is 9.97. The van der Waals surface area contributed by atoms with Gasteiger partial charge >= 0.3 is 0 Å². The van der Waals surface area contributed by atoms with Gasteiger partial charge in [-0.2, -0.15) is 0 Å². The van der Waals surface area contributed by atoms with Crippen LogP contribution in [0.3, 0.4) is 0 Å². The molecular weight excluding hydrogens is 396 g/mol. The van der Waals surface area contributed by atoms with E-state index in [0.29, 0.717) is 21.7 Å². The maximum Gasteiger partial charge on any atom is 0.225 e. The van der Waals surface area contributed by atoms with E-state index in [1.165, 1.54) is 0 Å². The van der Waals surface area contributed by atoms with E-state index in [0.717, 1.165) is 17.6 Å². The van der Waals surface area contributed by atoms with E-state index in [1.807, 2.05) is 16.8 Å². The van der Waals surface area contributed by atoms with E-state index in [9.17, 15) is 5.11 Å². The molecule has 2 heterocycles. The highest BCUT2D eigenvalue weighted by molar-refractivity contribution is 9.10. The van der Waals surface area contributed by atoms with Gasteiger partial charge in [0.15, 0.2) is 0 Å². The summed E-state index contributed by atoms with van der Waals surface area (Å²) in [6, 6.07) is 7.37. The topological polar surface area (TPSA) is 73.1 Å². The number of hydrogen-bond donors (Lipinski definition) is 1. The Kier molecular flexibility index (Phi) is 4.79. The molecule has 0 aliphatic heterocycles. The summed E-state index contributed by atoms with van der Waals surface area (Å²) in [5.41, 5.74) is 1.31. The summed E-state index contributed by atoms with van der Waals surface area (Å²) >= 11 is 3.58. The number of ether oxygens (including phenoxy) is 1. The molecule has 7 heteroatoms. The number of halogens is 1. The van der Waals surface area contributed by atoms with E-state index >= 15 is 0 Å². The van der Waals surface area contributed by atoms with Crippen LogP contribution in [0.2, 0.25) is 0 Å². The van der Waals surface area contributed by atoms with Crippen molar-refractivity contribution in [3.05, 3.63) is 40.5 Å². The molecule has 0 saturated heterocycles. The number of aliphatic hydroxyl groups is 1. The average molecular weight is 419 g/mol. The molecule has 1 N–H and O–H groups in total. The van der Waals surface area contributed by atoms with Gasteiger partial charge in [-0.15, -0.1) is 5.10 Å². The second-order valence-corrected chi connectivity index (χ2v) is 8.86. The van der Waals surface area contributed by atoms with E-state index in [2.05, 4.69) is 52.0 Å². The molecule has 0 radical (unpaired) electrons. The first-order valence-corrected chi connectivity index (χ1v) is 9.23. The number of fused-ring (bicyclic) bond motifs is 1. The molecule has 0 amide bonds. The molecule has 3 rings (SSSR count). The van der Waals surface area contributed by atoms with Crippen LogP contribution in [0.4, 0.5) is 0 Å². The zero-order chi connectivity index (χ0) is 19.1. The number of pyridine rings is 1. The Labute approximate surface area is 161 Å². The molecule has 0 atom stereocenters. The fourth-order valence-corrected chi connectivity index (χ4v) is 3.17. The zero-order valence-corrected chi connectivity index (χ0v) is 17.2. The number of benzene rings is 1. The summed E-state index contributed by atoms with van der Waals surface area (Å²) in [5, 5.41) is 18.9. The Morgan fingerprint density at radius 2 is 1.88 bits per heavy atom. The SMILES string of the molecule is CC(C)(C)Cn1nnc2c(Br)c(Oc3ncccc3C(C)(C)O)ccc21. The zero-order valence-electron chi connectivity index (χ0n) is 15.6. The first-order chi connectivity index (χ1) is 12.1. The lowest BCUT2D eigenvalue weighted by Gasteiger charge is -2.20. The molecule has 0 aliphatic rings. The summed E-state index contributed by atoms with van der Waals surface area (Å²) < 4.78 is 8.60. The van der Waals surface area contributed by atoms with Crippen molar-refractivity contribution < 1.29 is 9.84 Å². The number of hydrogen-bond acceptors (Lipinski definition) is 5. The van der Waals surface area contributed by atoms with Crippen molar-refractivity contribution in [1.29, 1.82) is 0 Å². The minimum absolute atomic E-state index is 0.0951. The van der Waals surface area contributed by atoms with Crippen LogP contribution in [-0.2, 0) is 12.1 Å². The monoisotopic (exact) mass is 418 g/mol. The quantitative estimate of drug-likeness (QED) is 0.666. The van der Waals surface area contributed by atoms with E-state index in [1.54, 1.807) is 32.2 Å². The van der Waals surface area contributed by atoms with Gasteiger partial charge in [0.1, 0.15) is 11.3 Å². The maximum atomic E-state index is 10.3. The Balaban J connectivity index is 2.00. The van der Waals surface area contributed by atoms with Crippen molar-refractivity contribution in [2.75, 3.05) is 0 Å². The van der Waals surface area contributed by atoms with Gasteiger partial charge in [-0.25, -0.2) is 9.67 Å². The van der Waals surface area contributed by atoms with Gasteiger partial charge in [0.25, 0.3) is 0 Å². The summed E-state index contributed by atoms with van der Waals surface area (Å²) in [7, 11) is 0. The predicted molar refractivity (Wildman–Crippen MR) is 104 cm³/mol. The molecule has 1 aromatic carbocycles. The Morgan fingerprint density at radius 3 is 2.54 bits per heavy atom. The molecule has 2 aromatic heterocycles. The molecule has 0 bridgehead atoms. The Bertz CT molecular complexity index is 939. The standard InChI is InChI=1S/C19H23BrN4O2/c1-18(2,3)11-24-13-8-9-14(15(20)16(13)22-23-24)26-17-12(19(4,5)25)7-6-10-21-17/h6-10,25H,11H2,1-5H3. The van der Waals surface area contributed by atoms with Crippen LogP contribution in [0.15, 0.2) is 34.9 Å². The van der Waals surface area contributed by atoms with Crippen LogP contribution in [-0.4, -0.2) is 25.1 Å². The Morgan fingerprint density at radius 1 is 1.15 bits per heavy atom. The van der Waals surface area contributed by atoms with Crippen LogP contribution in [0.1, 0.15) is 40.2 Å². The van der Waals surface area contributed by atoms with Crippen LogP contribution in [0, 0.1) is 5.41 Å². The molecule has 0 spiro atoms. The van der Waals surface area contributed by atoms with E-state index in [4.69, 9.17) is 4.74 Å². The second kappa shape index (κ2) is 6.63. The van der Waals surface area contributed by atoms with Gasteiger partial charge in [0.05, 0.1) is 15.6 Å². The van der Waals surface area contributed by atoms with Crippen LogP contribution >= 0.6 is 15.9 Å². The predicted octanol–water partition coefficient (Wildman–Crippen LogP) is 4.65. The second-order valence-electron chi connectivity index (χ2n) is 8.07. The van der Waals surface area contributed by atoms with Crippen LogP contribution in [0.25, 0.3) is 11.0 Å². The van der Waals surface area contributed by atoms with Gasteiger partial charge in [-0.3, -0.25) is 0 Å². The highest BCUT2D eigenvalue weighted by Gasteiger charge is 2.23. The first-order valence-electron chi connectivity index (χ1n) is 8.44. The third kappa shape index (κ3) is 3.88. The molecule has 0 fully saturated rings. The third-order valence-electron chi connectivity index (χ3n) is 3.85. The summed E-state index contributed by atoms with van der Waals surface area (Å²) in [5.74, 6) is 0.937. The Hall–Kier alpha value is -1.99. The fraction of sp³-hybridized carbons (Fsp3) is 0.421. The lowest BCUT2D eigenvalue weighted by molar-refractivity contribution is 0.0756. The molecule has 0 unspecified atom stereocenters. The molecule has 138 valence electrons. The molecule has 3 aromatic rings. The van der Waals surface area contributed by atoms with Gasteiger partial charge in [-0.1, -0.05) is 26.0 Å². The van der Waals surface area contributed by atoms with Crippen LogP contribution < -0.4 is 4.74 Å². The summed E-state index contributed by atoms with van der Waals surface area (Å²) in [6.45, 7) is 10.6. The largest absolute Gasteiger partial charge is 0.437 e. The van der Waals surface area contributed by atoms with Crippen molar-refractivity contribution in [1.82, 2.24) is 20.0 Å². The highest BCUT2D eigenvalue weighted by Crippen LogP contribution is 2.37. The third-order valence-corrected chi connectivity index (χ3v) is 4.62. The number of rotatable bonds is 4. The molecule has 26 heavy (non-hydrogen) atoms. The van der Waals surface area contributed by atoms with E-state index < -0.39 is 5.60 Å². The minimum Gasteiger partial charge on any atom is -0.437 e. The maximum absolute atomic E-state index is 10.3. The normalized spacial score (nSPS) is 12.6. The van der Waals surface area contributed by atoms with Crippen molar-refractivity contribution in [3.63, 3.8) is 0 Å². The van der Waals surface area contributed by atoms with Gasteiger partial charge < -0.3 is 9.84 Å². The number of aromatic nitrogens is 4. The summed E-state index contributed by atoms with van der Waals surface area (Å²) in [4.78, 5) is 4.27. The van der Waals surface area contributed by atoms with E-state index in [-0.39, 0.29) is 5.41 Å². The van der Waals surface area contributed by atoms with Gasteiger partial charge in [-0.05, 0) is 59.5 Å². The molecule has 6 nitrogen and oxygen atoms in total. The average Bonchev–Trinajstić information content (AvgIpc) is 2.91. The fourth-order valence-electron chi connectivity index (χ4n) is 2.67. The minimum atomic E-state index is -1.06. The van der Waals surface area contributed by atoms with Crippen molar-refractivity contribution >= 4 is 27.0 Å². The number of nitrogens with zero attached hydrogens (tertiary/aromatic N) is 4.